The highest BCUT2D eigenvalue weighted by Crippen LogP contribution is 1.95. The first-order valence-electron chi connectivity index (χ1n) is 3.16. The van der Waals surface area contributed by atoms with Crippen LogP contribution in [0.5, 0.6) is 0 Å². The first-order chi connectivity index (χ1) is 4.12. The first kappa shape index (κ1) is 17.2. The van der Waals surface area contributed by atoms with Gasteiger partial charge in [-0.15, -0.1) is 24.8 Å². The smallest absolute Gasteiger partial charge is 0.0969 e. The molecule has 3 heteroatoms. The number of hydrogen-bond acceptors (Lipinski definition) is 0. The Bertz CT molecular complexity index is 98.7. The molecule has 0 N–H and O–H groups in total. The van der Waals surface area contributed by atoms with Crippen molar-refractivity contribution in [2.24, 2.45) is 0 Å². The second-order valence-corrected chi connectivity index (χ2v) is 2.88. The van der Waals surface area contributed by atoms with Crippen molar-refractivity contribution in [3.63, 3.8) is 0 Å². The predicted octanol–water partition coefficient (Wildman–Crippen LogP) is 2.28. The average molecular weight is 199 g/mol. The molecule has 0 aromatic rings. The van der Waals surface area contributed by atoms with Gasteiger partial charge in [-0.25, -0.2) is 0 Å². The minimum atomic E-state index is 0. The third kappa shape index (κ3) is 10.0. The lowest BCUT2D eigenvalue weighted by Gasteiger charge is -2.26. The fourth-order valence-electron chi connectivity index (χ4n) is 0.774. The van der Waals surface area contributed by atoms with E-state index in [0.717, 1.165) is 17.6 Å². The molecule has 1 nitrogen and oxygen atoms in total. The highest BCUT2D eigenvalue weighted by Gasteiger charge is 2.07. The fourth-order valence-corrected chi connectivity index (χ4v) is 0.774. The molecule has 11 heavy (non-hydrogen) atoms. The number of likely N-dealkylation sites (N-methyl/N-ethyl adjacent to an activating group) is 1. The molecule has 0 aliphatic heterocycles. The van der Waals surface area contributed by atoms with Gasteiger partial charge in [0, 0.05) is 0 Å². The lowest BCUT2D eigenvalue weighted by Crippen LogP contribution is -2.39. The number of nitrogens with zero attached hydrogens (tertiary/aromatic N) is 1. The van der Waals surface area contributed by atoms with E-state index in [2.05, 4.69) is 27.3 Å². The molecule has 0 amide bonds. The van der Waals surface area contributed by atoms with Crippen molar-refractivity contribution < 1.29 is 4.48 Å². The van der Waals surface area contributed by atoms with Gasteiger partial charge in [-0.3, -0.25) is 0 Å². The van der Waals surface area contributed by atoms with Gasteiger partial charge in [0.2, 0.25) is 0 Å². The largest absolute Gasteiger partial charge is 0.322 e. The van der Waals surface area contributed by atoms with Gasteiger partial charge in [0.25, 0.3) is 0 Å². The van der Waals surface area contributed by atoms with Crippen LogP contribution in [0.2, 0.25) is 0 Å². The Balaban J connectivity index is -0.000000320. The molecule has 68 valence electrons. The minimum Gasteiger partial charge on any atom is -0.322 e. The Morgan fingerprint density at radius 3 is 1.45 bits per heavy atom. The summed E-state index contributed by atoms with van der Waals surface area (Å²) in [4.78, 5) is 0. The van der Waals surface area contributed by atoms with Gasteiger partial charge in [0.1, 0.15) is 0 Å². The van der Waals surface area contributed by atoms with Gasteiger partial charge in [0.15, 0.2) is 0 Å². The molecule has 0 atom stereocenters. The van der Waals surface area contributed by atoms with Gasteiger partial charge in [-0.1, -0.05) is 13.2 Å². The topological polar surface area (TPSA) is 0 Å². The zero-order chi connectivity index (χ0) is 7.33. The van der Waals surface area contributed by atoms with Gasteiger partial charge in [0.05, 0.1) is 27.2 Å². The van der Waals surface area contributed by atoms with Crippen LogP contribution in [-0.2, 0) is 0 Å². The molecule has 0 aromatic carbocycles. The summed E-state index contributed by atoms with van der Waals surface area (Å²) in [6.45, 7) is 9.37. The van der Waals surface area contributed by atoms with Crippen LogP contribution < -0.4 is 0 Å². The number of quaternary nitrogens is 1. The van der Waals surface area contributed by atoms with E-state index in [4.69, 9.17) is 0 Å². The molecular formula is C8H18Cl2N+. The van der Waals surface area contributed by atoms with E-state index in [1.807, 2.05) is 12.2 Å². The van der Waals surface area contributed by atoms with Crippen molar-refractivity contribution in [2.75, 3.05) is 27.2 Å². The summed E-state index contributed by atoms with van der Waals surface area (Å²) in [5.41, 5.74) is 0. The highest BCUT2D eigenvalue weighted by atomic mass is 35.5. The Morgan fingerprint density at radius 1 is 1.00 bits per heavy atom. The van der Waals surface area contributed by atoms with E-state index in [0.29, 0.717) is 0 Å². The van der Waals surface area contributed by atoms with Crippen LogP contribution in [0.3, 0.4) is 0 Å². The number of halogens is 2. The molecule has 0 heterocycles. The van der Waals surface area contributed by atoms with Crippen molar-refractivity contribution >= 4 is 24.8 Å². The summed E-state index contributed by atoms with van der Waals surface area (Å²) >= 11 is 0. The summed E-state index contributed by atoms with van der Waals surface area (Å²) in [7, 11) is 4.31. The van der Waals surface area contributed by atoms with Crippen LogP contribution in [-0.4, -0.2) is 31.7 Å². The molecule has 0 aliphatic rings. The summed E-state index contributed by atoms with van der Waals surface area (Å²) in [5, 5.41) is 0. The van der Waals surface area contributed by atoms with E-state index >= 15 is 0 Å². The summed E-state index contributed by atoms with van der Waals surface area (Å²) in [5.74, 6) is 0. The van der Waals surface area contributed by atoms with Crippen molar-refractivity contribution in [1.29, 1.82) is 0 Å². The lowest BCUT2D eigenvalue weighted by atomic mass is 10.4. The molecule has 0 aliphatic carbocycles. The van der Waals surface area contributed by atoms with Crippen LogP contribution >= 0.6 is 24.8 Å². The predicted molar refractivity (Wildman–Crippen MR) is 56.7 cm³/mol. The summed E-state index contributed by atoms with van der Waals surface area (Å²) in [6.07, 6.45) is 3.87. The van der Waals surface area contributed by atoms with E-state index in [1.165, 1.54) is 0 Å². The van der Waals surface area contributed by atoms with E-state index in [1.54, 1.807) is 0 Å². The van der Waals surface area contributed by atoms with Crippen LogP contribution in [0, 0.1) is 0 Å². The number of hydrogen-bond donors (Lipinski definition) is 0. The second-order valence-electron chi connectivity index (χ2n) is 2.88. The molecule has 0 fully saturated rings. The molecule has 0 saturated carbocycles. The zero-order valence-corrected chi connectivity index (χ0v) is 8.88. The van der Waals surface area contributed by atoms with Crippen molar-refractivity contribution in [1.82, 2.24) is 0 Å². The molecule has 0 bridgehead atoms. The molecule has 0 radical (unpaired) electrons. The molecule has 0 rings (SSSR count). The maximum atomic E-state index is 3.68. The summed E-state index contributed by atoms with van der Waals surface area (Å²) in [6, 6.07) is 0. The Morgan fingerprint density at radius 2 is 1.27 bits per heavy atom. The maximum Gasteiger partial charge on any atom is 0.0969 e. The van der Waals surface area contributed by atoms with Gasteiger partial charge in [-0.2, -0.15) is 0 Å². The van der Waals surface area contributed by atoms with Crippen LogP contribution in [0.25, 0.3) is 0 Å². The Hall–Kier alpha value is 0.0200. The Labute approximate surface area is 82.2 Å². The van der Waals surface area contributed by atoms with Crippen LogP contribution in [0.4, 0.5) is 0 Å². The first-order valence-corrected chi connectivity index (χ1v) is 3.16. The fraction of sp³-hybridized carbons (Fsp3) is 0.500. The van der Waals surface area contributed by atoms with Crippen molar-refractivity contribution in [3.8, 4) is 0 Å². The molecule has 0 unspecified atom stereocenters. The third-order valence-electron chi connectivity index (χ3n) is 1.25. The molecular weight excluding hydrogens is 181 g/mol. The zero-order valence-electron chi connectivity index (χ0n) is 7.25. The van der Waals surface area contributed by atoms with E-state index in [-0.39, 0.29) is 24.8 Å². The Kier molecular flexibility index (Phi) is 12.7. The van der Waals surface area contributed by atoms with Crippen molar-refractivity contribution in [2.45, 2.75) is 0 Å². The third-order valence-corrected chi connectivity index (χ3v) is 1.25. The normalized spacial score (nSPS) is 8.91. The average Bonchev–Trinajstić information content (AvgIpc) is 1.64. The highest BCUT2D eigenvalue weighted by molar-refractivity contribution is 5.85. The summed E-state index contributed by atoms with van der Waals surface area (Å²) < 4.78 is 0.951. The monoisotopic (exact) mass is 198 g/mol. The van der Waals surface area contributed by atoms with Crippen LogP contribution in [0.1, 0.15) is 0 Å². The lowest BCUT2D eigenvalue weighted by molar-refractivity contribution is -0.878. The standard InChI is InChI=1S/C8H16N.2ClH/c1-5-7-9(3,4)8-6-2;;/h5-6H,1-2,7-8H2,3-4H3;2*1H/q+1;;. The van der Waals surface area contributed by atoms with Gasteiger partial charge >= 0.3 is 0 Å². The molecule has 0 spiro atoms. The maximum absolute atomic E-state index is 3.68. The second kappa shape index (κ2) is 8.12. The minimum absolute atomic E-state index is 0. The molecule has 0 saturated heterocycles. The SMILES string of the molecule is C=CC[N+](C)(C)CC=C.Cl.Cl. The van der Waals surface area contributed by atoms with Gasteiger partial charge in [-0.05, 0) is 12.2 Å². The van der Waals surface area contributed by atoms with E-state index < -0.39 is 0 Å². The quantitative estimate of drug-likeness (QED) is 0.481. The van der Waals surface area contributed by atoms with Crippen LogP contribution in [0.15, 0.2) is 25.3 Å². The van der Waals surface area contributed by atoms with E-state index in [9.17, 15) is 0 Å². The number of rotatable bonds is 4. The molecule has 0 aromatic heterocycles. The van der Waals surface area contributed by atoms with Gasteiger partial charge < -0.3 is 4.48 Å². The van der Waals surface area contributed by atoms with Crippen molar-refractivity contribution in [3.05, 3.63) is 25.3 Å².